The minimum atomic E-state index is -4.45. The summed E-state index contributed by atoms with van der Waals surface area (Å²) in [5.41, 5.74) is -0.467. The lowest BCUT2D eigenvalue weighted by Gasteiger charge is -2.27. The van der Waals surface area contributed by atoms with Crippen molar-refractivity contribution in [3.05, 3.63) is 35.4 Å². The Bertz CT molecular complexity index is 580. The third-order valence-electron chi connectivity index (χ3n) is 3.84. The van der Waals surface area contributed by atoms with E-state index in [4.69, 9.17) is 4.74 Å². The van der Waals surface area contributed by atoms with Crippen LogP contribution in [-0.4, -0.2) is 41.3 Å². The highest BCUT2D eigenvalue weighted by atomic mass is 19.4. The third-order valence-corrected chi connectivity index (χ3v) is 3.84. The van der Waals surface area contributed by atoms with E-state index < -0.39 is 29.9 Å². The van der Waals surface area contributed by atoms with Crippen LogP contribution in [-0.2, 0) is 22.1 Å². The first-order valence-corrected chi connectivity index (χ1v) is 7.62. The number of ether oxygens (including phenoxy) is 1. The number of rotatable bonds is 4. The molecular weight excluding hydrogens is 327 g/mol. The summed E-state index contributed by atoms with van der Waals surface area (Å²) in [6.07, 6.45) is -4.08. The van der Waals surface area contributed by atoms with Gasteiger partial charge in [0.1, 0.15) is 0 Å². The molecule has 0 unspecified atom stereocenters. The zero-order valence-electron chi connectivity index (χ0n) is 12.9. The van der Waals surface area contributed by atoms with Crippen LogP contribution in [0.1, 0.15) is 30.4 Å². The molecule has 1 aliphatic heterocycles. The monoisotopic (exact) mass is 345 g/mol. The highest BCUT2D eigenvalue weighted by Crippen LogP contribution is 2.29. The Kier molecular flexibility index (Phi) is 5.69. The SMILES string of the molecule is O=C(O)[C@@H](Cc1ccc(C(F)(F)F)cc1)OC(=O)N1CCCCC1. The van der Waals surface area contributed by atoms with Crippen molar-refractivity contribution in [3.63, 3.8) is 0 Å². The van der Waals surface area contributed by atoms with Crippen molar-refractivity contribution < 1.29 is 32.6 Å². The number of carbonyl (C=O) groups is 2. The molecule has 132 valence electrons. The number of nitrogens with zero attached hydrogens (tertiary/aromatic N) is 1. The lowest BCUT2D eigenvalue weighted by atomic mass is 10.1. The molecular formula is C16H18F3NO4. The van der Waals surface area contributed by atoms with Crippen LogP contribution in [0.15, 0.2) is 24.3 Å². The second-order valence-electron chi connectivity index (χ2n) is 5.66. The molecule has 0 bridgehead atoms. The molecule has 0 saturated carbocycles. The Hall–Kier alpha value is -2.25. The number of amides is 1. The largest absolute Gasteiger partial charge is 0.478 e. The molecule has 1 fully saturated rings. The molecule has 1 saturated heterocycles. The van der Waals surface area contributed by atoms with Crippen molar-refractivity contribution in [2.45, 2.75) is 38.0 Å². The number of carbonyl (C=O) groups excluding carboxylic acids is 1. The number of hydrogen-bond donors (Lipinski definition) is 1. The molecule has 1 aliphatic rings. The molecule has 0 aliphatic carbocycles. The normalized spacial score (nSPS) is 16.5. The number of likely N-dealkylation sites (tertiary alicyclic amines) is 1. The molecule has 1 aromatic carbocycles. The highest BCUT2D eigenvalue weighted by molar-refractivity contribution is 5.77. The summed E-state index contributed by atoms with van der Waals surface area (Å²) in [6, 6.07) is 4.13. The van der Waals surface area contributed by atoms with Crippen LogP contribution in [0, 0.1) is 0 Å². The van der Waals surface area contributed by atoms with E-state index in [0.717, 1.165) is 31.4 Å². The third kappa shape index (κ3) is 4.87. The smallest absolute Gasteiger partial charge is 0.416 e. The lowest BCUT2D eigenvalue weighted by molar-refractivity contribution is -0.147. The van der Waals surface area contributed by atoms with Gasteiger partial charge in [-0.1, -0.05) is 12.1 Å². The Balaban J connectivity index is 2.00. The van der Waals surface area contributed by atoms with Gasteiger partial charge in [0.2, 0.25) is 6.10 Å². The van der Waals surface area contributed by atoms with Gasteiger partial charge in [0.15, 0.2) is 0 Å². The van der Waals surface area contributed by atoms with Crippen molar-refractivity contribution >= 4 is 12.1 Å². The Morgan fingerprint density at radius 2 is 1.71 bits per heavy atom. The van der Waals surface area contributed by atoms with Crippen molar-refractivity contribution in [2.24, 2.45) is 0 Å². The quantitative estimate of drug-likeness (QED) is 0.909. The average Bonchev–Trinajstić information content (AvgIpc) is 2.54. The summed E-state index contributed by atoms with van der Waals surface area (Å²) < 4.78 is 42.6. The molecule has 1 N–H and O–H groups in total. The maximum atomic E-state index is 12.5. The number of carboxylic acid groups (broad SMARTS) is 1. The van der Waals surface area contributed by atoms with Gasteiger partial charge in [-0.05, 0) is 37.0 Å². The number of benzene rings is 1. The molecule has 1 amide bonds. The zero-order chi connectivity index (χ0) is 17.7. The van der Waals surface area contributed by atoms with Gasteiger partial charge in [-0.3, -0.25) is 0 Å². The van der Waals surface area contributed by atoms with E-state index in [0.29, 0.717) is 18.7 Å². The Morgan fingerprint density at radius 1 is 1.12 bits per heavy atom. The Labute approximate surface area is 137 Å². The van der Waals surface area contributed by atoms with Gasteiger partial charge in [0.25, 0.3) is 0 Å². The first-order valence-electron chi connectivity index (χ1n) is 7.62. The van der Waals surface area contributed by atoms with Crippen molar-refractivity contribution in [3.8, 4) is 0 Å². The Morgan fingerprint density at radius 3 is 2.21 bits per heavy atom. The second kappa shape index (κ2) is 7.55. The maximum absolute atomic E-state index is 12.5. The average molecular weight is 345 g/mol. The summed E-state index contributed by atoms with van der Waals surface area (Å²) >= 11 is 0. The van der Waals surface area contributed by atoms with Crippen molar-refractivity contribution in [1.82, 2.24) is 4.90 Å². The number of halogens is 3. The van der Waals surface area contributed by atoms with E-state index in [2.05, 4.69) is 0 Å². The van der Waals surface area contributed by atoms with Crippen LogP contribution in [0.5, 0.6) is 0 Å². The van der Waals surface area contributed by atoms with Crippen LogP contribution in [0.3, 0.4) is 0 Å². The van der Waals surface area contributed by atoms with E-state index in [9.17, 15) is 27.9 Å². The predicted octanol–water partition coefficient (Wildman–Crippen LogP) is 3.32. The van der Waals surface area contributed by atoms with E-state index in [1.165, 1.54) is 17.0 Å². The molecule has 24 heavy (non-hydrogen) atoms. The summed E-state index contributed by atoms with van der Waals surface area (Å²) in [5.74, 6) is -1.33. The molecule has 8 heteroatoms. The summed E-state index contributed by atoms with van der Waals surface area (Å²) in [6.45, 7) is 1.04. The minimum Gasteiger partial charge on any atom is -0.478 e. The van der Waals surface area contributed by atoms with E-state index >= 15 is 0 Å². The fourth-order valence-electron chi connectivity index (χ4n) is 2.50. The fraction of sp³-hybridized carbons (Fsp3) is 0.500. The van der Waals surface area contributed by atoms with Gasteiger partial charge >= 0.3 is 18.2 Å². The van der Waals surface area contributed by atoms with Crippen molar-refractivity contribution in [2.75, 3.05) is 13.1 Å². The van der Waals surface area contributed by atoms with Crippen LogP contribution in [0.2, 0.25) is 0 Å². The summed E-state index contributed by atoms with van der Waals surface area (Å²) in [7, 11) is 0. The van der Waals surface area contributed by atoms with Crippen molar-refractivity contribution in [1.29, 1.82) is 0 Å². The number of alkyl halides is 3. The van der Waals surface area contributed by atoms with Gasteiger partial charge in [0.05, 0.1) is 5.56 Å². The second-order valence-corrected chi connectivity index (χ2v) is 5.66. The molecule has 0 aromatic heterocycles. The lowest BCUT2D eigenvalue weighted by Crippen LogP contribution is -2.40. The minimum absolute atomic E-state index is 0.187. The number of hydrogen-bond acceptors (Lipinski definition) is 3. The van der Waals surface area contributed by atoms with E-state index in [1.54, 1.807) is 0 Å². The summed E-state index contributed by atoms with van der Waals surface area (Å²) in [4.78, 5) is 24.7. The number of carboxylic acids is 1. The van der Waals surface area contributed by atoms with Gasteiger partial charge in [-0.15, -0.1) is 0 Å². The predicted molar refractivity (Wildman–Crippen MR) is 78.5 cm³/mol. The van der Waals surface area contributed by atoms with E-state index in [1.807, 2.05) is 0 Å². The first kappa shape index (κ1) is 18.1. The molecule has 1 heterocycles. The molecule has 0 radical (unpaired) electrons. The van der Waals surface area contributed by atoms with Gasteiger partial charge in [-0.2, -0.15) is 13.2 Å². The number of piperidine rings is 1. The molecule has 2 rings (SSSR count). The standard InChI is InChI=1S/C16H18F3NO4/c17-16(18,19)12-6-4-11(5-7-12)10-13(14(21)22)24-15(23)20-8-2-1-3-9-20/h4-7,13H,1-3,8-10H2,(H,21,22)/t13-/m1/s1. The van der Waals surface area contributed by atoms with Crippen LogP contribution >= 0.6 is 0 Å². The maximum Gasteiger partial charge on any atom is 0.416 e. The molecule has 0 spiro atoms. The topological polar surface area (TPSA) is 66.8 Å². The summed E-state index contributed by atoms with van der Waals surface area (Å²) in [5, 5.41) is 9.19. The van der Waals surface area contributed by atoms with Crippen LogP contribution in [0.4, 0.5) is 18.0 Å². The first-order chi connectivity index (χ1) is 11.3. The van der Waals surface area contributed by atoms with Crippen LogP contribution in [0.25, 0.3) is 0 Å². The molecule has 1 aromatic rings. The van der Waals surface area contributed by atoms with Gasteiger partial charge < -0.3 is 14.7 Å². The van der Waals surface area contributed by atoms with Crippen LogP contribution < -0.4 is 0 Å². The fourth-order valence-corrected chi connectivity index (χ4v) is 2.50. The molecule has 1 atom stereocenters. The highest BCUT2D eigenvalue weighted by Gasteiger charge is 2.31. The number of aliphatic carboxylic acids is 1. The molecule has 5 nitrogen and oxygen atoms in total. The van der Waals surface area contributed by atoms with Gasteiger partial charge in [-0.25, -0.2) is 9.59 Å². The van der Waals surface area contributed by atoms with Gasteiger partial charge in [0, 0.05) is 19.5 Å². The van der Waals surface area contributed by atoms with E-state index in [-0.39, 0.29) is 6.42 Å². The zero-order valence-corrected chi connectivity index (χ0v) is 12.9.